The molecule has 1 unspecified atom stereocenters. The van der Waals surface area contributed by atoms with Gasteiger partial charge in [-0.2, -0.15) is 9.94 Å². The first kappa shape index (κ1) is 42.3. The Hall–Kier alpha value is -5.36. The number of hydrogen-bond donors (Lipinski definition) is 2. The summed E-state index contributed by atoms with van der Waals surface area (Å²) in [7, 11) is 0. The van der Waals surface area contributed by atoms with Crippen LogP contribution in [-0.2, 0) is 16.0 Å². The minimum absolute atomic E-state index is 0.0949. The average molecular weight is 848 g/mol. The SMILES string of the molecule is CC1(C)[C@H](NC(=O)c2ccc(CCN3CCN(CC4CCN(c5ccc6nnn(C7CCC(=O)NC7=O)c(=O)c6c5)CC4)CC3)cc2)C(C)(C)[C@H]1Oc1ccc(C#N)c(Cl)c1. The first-order valence-electron chi connectivity index (χ1n) is 21.4. The van der Waals surface area contributed by atoms with E-state index in [-0.39, 0.29) is 53.2 Å². The fourth-order valence-electron chi connectivity index (χ4n) is 10.2. The third-order valence-electron chi connectivity index (χ3n) is 13.5. The van der Waals surface area contributed by atoms with Gasteiger partial charge >= 0.3 is 0 Å². The molecule has 0 bridgehead atoms. The van der Waals surface area contributed by atoms with Gasteiger partial charge in [0.2, 0.25) is 5.91 Å². The minimum atomic E-state index is -0.844. The number of imide groups is 1. The fourth-order valence-corrected chi connectivity index (χ4v) is 10.4. The van der Waals surface area contributed by atoms with E-state index >= 15 is 0 Å². The maximum Gasteiger partial charge on any atom is 0.278 e. The third kappa shape index (κ3) is 8.74. The predicted octanol–water partition coefficient (Wildman–Crippen LogP) is 4.98. The van der Waals surface area contributed by atoms with Gasteiger partial charge in [-0.25, -0.2) is 0 Å². The smallest absolute Gasteiger partial charge is 0.278 e. The maximum atomic E-state index is 13.5. The number of piperidine rings is 2. The van der Waals surface area contributed by atoms with E-state index in [1.54, 1.807) is 18.2 Å². The van der Waals surface area contributed by atoms with Crippen LogP contribution in [0.1, 0.15) is 80.9 Å². The highest BCUT2D eigenvalue weighted by molar-refractivity contribution is 6.31. The van der Waals surface area contributed by atoms with E-state index in [0.717, 1.165) is 82.0 Å². The number of anilines is 1. The Morgan fingerprint density at radius 2 is 1.62 bits per heavy atom. The van der Waals surface area contributed by atoms with Crippen LogP contribution in [0, 0.1) is 28.1 Å². The maximum absolute atomic E-state index is 13.5. The molecule has 4 fully saturated rings. The molecule has 1 aromatic heterocycles. The van der Waals surface area contributed by atoms with Crippen LogP contribution in [0.5, 0.6) is 5.75 Å². The van der Waals surface area contributed by atoms with Crippen LogP contribution in [0.25, 0.3) is 10.9 Å². The average Bonchev–Trinajstić information content (AvgIpc) is 3.25. The van der Waals surface area contributed by atoms with Gasteiger partial charge in [0.15, 0.2) is 0 Å². The van der Waals surface area contributed by atoms with Gasteiger partial charge in [0.05, 0.1) is 16.0 Å². The molecule has 1 atom stereocenters. The van der Waals surface area contributed by atoms with Crippen molar-refractivity contribution >= 4 is 45.9 Å². The lowest BCUT2D eigenvalue weighted by Gasteiger charge is -2.63. The van der Waals surface area contributed by atoms with Crippen molar-refractivity contribution < 1.29 is 19.1 Å². The lowest BCUT2D eigenvalue weighted by Crippen LogP contribution is -2.74. The summed E-state index contributed by atoms with van der Waals surface area (Å²) < 4.78 is 7.50. The largest absolute Gasteiger partial charge is 0.489 e. The number of carbonyl (C=O) groups excluding carboxylic acids is 3. The summed E-state index contributed by atoms with van der Waals surface area (Å²) in [6, 6.07) is 19.9. The number of amides is 3. The molecule has 14 nitrogen and oxygen atoms in total. The number of hydrogen-bond acceptors (Lipinski definition) is 11. The van der Waals surface area contributed by atoms with E-state index < -0.39 is 11.9 Å². The van der Waals surface area contributed by atoms with Crippen molar-refractivity contribution in [3.63, 3.8) is 0 Å². The number of nitriles is 1. The van der Waals surface area contributed by atoms with Gasteiger partial charge in [-0.05, 0) is 79.6 Å². The van der Waals surface area contributed by atoms with Crippen molar-refractivity contribution in [2.45, 2.75) is 78.0 Å². The monoisotopic (exact) mass is 847 g/mol. The Kier molecular flexibility index (Phi) is 11.9. The molecule has 2 N–H and O–H groups in total. The number of halogens is 1. The molecule has 4 aliphatic rings. The first-order valence-corrected chi connectivity index (χ1v) is 21.8. The van der Waals surface area contributed by atoms with Gasteiger partial charge in [0.25, 0.3) is 17.4 Å². The Morgan fingerprint density at radius 1 is 0.918 bits per heavy atom. The number of aromatic nitrogens is 3. The second-order valence-electron chi connectivity index (χ2n) is 18.3. The number of piperazine rings is 1. The topological polar surface area (TPSA) is 166 Å². The molecule has 0 radical (unpaired) electrons. The summed E-state index contributed by atoms with van der Waals surface area (Å²) in [6.45, 7) is 16.4. The van der Waals surface area contributed by atoms with Crippen molar-refractivity contribution in [2.24, 2.45) is 16.7 Å². The standard InChI is InChI=1S/C46H54ClN9O5/c1-45(2)43(46(3,4)44(45)61-34-11-9-32(27-48)36(47)26-34)50-40(58)31-7-5-29(6-8-31)15-18-53-21-23-54(24-22-53)28-30-16-19-55(20-17-30)33-10-12-37-35(25-33)42(60)56(52-51-37)38-13-14-39(57)49-41(38)59/h5-12,25-26,30,38,43-44H,13-24,28H2,1-4H3,(H,50,58)(H,49,57,59)/t38?,43-,44-. The molecule has 3 amide bonds. The van der Waals surface area contributed by atoms with Gasteiger partial charge in [0.1, 0.15) is 29.5 Å². The minimum Gasteiger partial charge on any atom is -0.489 e. The van der Waals surface area contributed by atoms with E-state index in [4.69, 9.17) is 16.3 Å². The summed E-state index contributed by atoms with van der Waals surface area (Å²) in [6.07, 6.45) is 3.28. The number of rotatable bonds is 11. The molecular weight excluding hydrogens is 794 g/mol. The number of ether oxygens (including phenoxy) is 1. The number of carbonyl (C=O) groups is 3. The number of nitrogens with one attached hydrogen (secondary N) is 2. The molecule has 3 saturated heterocycles. The second-order valence-corrected chi connectivity index (χ2v) is 18.7. The number of fused-ring (bicyclic) bond motifs is 1. The van der Waals surface area contributed by atoms with Crippen molar-refractivity contribution in [1.29, 1.82) is 5.26 Å². The summed E-state index contributed by atoms with van der Waals surface area (Å²) >= 11 is 6.25. The van der Waals surface area contributed by atoms with Crippen LogP contribution in [0.4, 0.5) is 5.69 Å². The van der Waals surface area contributed by atoms with E-state index in [2.05, 4.69) is 81.5 Å². The highest BCUT2D eigenvalue weighted by Gasteiger charge is 2.64. The second kappa shape index (κ2) is 17.2. The molecule has 15 heteroatoms. The quantitative estimate of drug-likeness (QED) is 0.196. The fraction of sp³-hybridized carbons (Fsp3) is 0.500. The number of benzene rings is 3. The van der Waals surface area contributed by atoms with Crippen LogP contribution in [0.15, 0.2) is 65.5 Å². The van der Waals surface area contributed by atoms with Gasteiger partial charge < -0.3 is 24.8 Å². The zero-order valence-corrected chi connectivity index (χ0v) is 36.1. The Balaban J connectivity index is 0.762. The van der Waals surface area contributed by atoms with Crippen molar-refractivity contribution in [2.75, 3.05) is 57.3 Å². The van der Waals surface area contributed by atoms with Crippen LogP contribution < -0.4 is 25.8 Å². The normalized spacial score (nSPS) is 23.2. The third-order valence-corrected chi connectivity index (χ3v) is 13.8. The molecule has 4 aromatic rings. The lowest BCUT2D eigenvalue weighted by atomic mass is 9.49. The van der Waals surface area contributed by atoms with Gasteiger partial charge in [-0.1, -0.05) is 56.6 Å². The van der Waals surface area contributed by atoms with E-state index in [1.807, 2.05) is 30.3 Å². The van der Waals surface area contributed by atoms with Crippen LogP contribution >= 0.6 is 11.6 Å². The Bertz CT molecular complexity index is 2400. The molecule has 0 spiro atoms. The molecule has 4 heterocycles. The van der Waals surface area contributed by atoms with Crippen LogP contribution in [0.2, 0.25) is 5.02 Å². The van der Waals surface area contributed by atoms with E-state index in [0.29, 0.717) is 38.7 Å². The molecule has 61 heavy (non-hydrogen) atoms. The van der Waals surface area contributed by atoms with Gasteiger partial charge in [-0.3, -0.25) is 24.5 Å². The highest BCUT2D eigenvalue weighted by Crippen LogP contribution is 2.55. The van der Waals surface area contributed by atoms with Crippen molar-refractivity contribution in [3.05, 3.63) is 92.7 Å². The molecular formula is C46H54ClN9O5. The highest BCUT2D eigenvalue weighted by atomic mass is 35.5. The summed E-state index contributed by atoms with van der Waals surface area (Å²) in [5, 5.41) is 23.8. The predicted molar refractivity (Wildman–Crippen MR) is 233 cm³/mol. The molecule has 1 saturated carbocycles. The summed E-state index contributed by atoms with van der Waals surface area (Å²) in [5.74, 6) is 0.259. The Labute approximate surface area is 361 Å². The summed E-state index contributed by atoms with van der Waals surface area (Å²) in [5.41, 5.74) is 2.66. The first-order chi connectivity index (χ1) is 29.2. The zero-order valence-electron chi connectivity index (χ0n) is 35.3. The van der Waals surface area contributed by atoms with Gasteiger partial charge in [0, 0.05) is 93.0 Å². The van der Waals surface area contributed by atoms with Crippen LogP contribution in [0.3, 0.4) is 0 Å². The number of nitrogens with zero attached hydrogens (tertiary/aromatic N) is 7. The van der Waals surface area contributed by atoms with Crippen molar-refractivity contribution in [3.8, 4) is 11.8 Å². The lowest BCUT2D eigenvalue weighted by molar-refractivity contribution is -0.164. The molecule has 8 rings (SSSR count). The van der Waals surface area contributed by atoms with Crippen molar-refractivity contribution in [1.82, 2.24) is 35.4 Å². The van der Waals surface area contributed by atoms with Crippen LogP contribution in [-0.4, -0.2) is 107 Å². The summed E-state index contributed by atoms with van der Waals surface area (Å²) in [4.78, 5) is 58.4. The van der Waals surface area contributed by atoms with Gasteiger partial charge in [-0.15, -0.1) is 5.10 Å². The zero-order chi connectivity index (χ0) is 43.1. The molecule has 3 aromatic carbocycles. The molecule has 3 aliphatic heterocycles. The molecule has 320 valence electrons. The van der Waals surface area contributed by atoms with E-state index in [1.165, 1.54) is 5.56 Å². The Morgan fingerprint density at radius 3 is 2.30 bits per heavy atom. The molecule has 1 aliphatic carbocycles. The van der Waals surface area contributed by atoms with E-state index in [9.17, 15) is 24.4 Å².